The van der Waals surface area contributed by atoms with E-state index in [4.69, 9.17) is 23.2 Å². The number of carbonyl (C=O) groups excluding carboxylic acids is 1. The van der Waals surface area contributed by atoms with Crippen LogP contribution in [0.1, 0.15) is 37.9 Å². The number of hydrogen-bond acceptors (Lipinski definition) is 2. The highest BCUT2D eigenvalue weighted by molar-refractivity contribution is 6.31. The first-order chi connectivity index (χ1) is 14.7. The van der Waals surface area contributed by atoms with E-state index >= 15 is 0 Å². The Labute approximate surface area is 193 Å². The Hall–Kier alpha value is -2.75. The van der Waals surface area contributed by atoms with E-state index in [0.29, 0.717) is 15.7 Å². The van der Waals surface area contributed by atoms with Gasteiger partial charge < -0.3 is 5.32 Å². The molecule has 0 bridgehead atoms. The Morgan fingerprint density at radius 2 is 1.52 bits per heavy atom. The molecule has 5 heteroatoms. The molecule has 0 unspecified atom stereocenters. The summed E-state index contributed by atoms with van der Waals surface area (Å²) in [5.74, 6) is -0.118. The molecule has 158 valence electrons. The van der Waals surface area contributed by atoms with E-state index in [1.54, 1.807) is 23.1 Å². The molecule has 0 saturated heterocycles. The molecule has 0 saturated carbocycles. The summed E-state index contributed by atoms with van der Waals surface area (Å²) < 4.78 is 0. The van der Waals surface area contributed by atoms with Gasteiger partial charge in [0.25, 0.3) is 5.91 Å². The molecule has 1 N–H and O–H groups in total. The van der Waals surface area contributed by atoms with Gasteiger partial charge in [-0.2, -0.15) is 0 Å². The van der Waals surface area contributed by atoms with Gasteiger partial charge in [0, 0.05) is 21.4 Å². The van der Waals surface area contributed by atoms with Gasteiger partial charge in [-0.25, -0.2) is 0 Å². The predicted octanol–water partition coefficient (Wildman–Crippen LogP) is 7.37. The van der Waals surface area contributed by atoms with E-state index in [9.17, 15) is 4.79 Å². The highest BCUT2D eigenvalue weighted by atomic mass is 35.5. The van der Waals surface area contributed by atoms with Crippen LogP contribution in [0.4, 0.5) is 11.4 Å². The van der Waals surface area contributed by atoms with Gasteiger partial charge in [-0.05, 0) is 59.0 Å². The minimum Gasteiger partial charge on any atom is -0.351 e. The van der Waals surface area contributed by atoms with E-state index in [1.807, 2.05) is 36.4 Å². The Kier molecular flexibility index (Phi) is 5.83. The number of carbonyl (C=O) groups is 1. The molecule has 0 spiro atoms. The van der Waals surface area contributed by atoms with Gasteiger partial charge in [-0.15, -0.1) is 0 Å². The van der Waals surface area contributed by atoms with Crippen molar-refractivity contribution < 1.29 is 4.79 Å². The lowest BCUT2D eigenvalue weighted by atomic mass is 9.86. The number of hydrogen-bond donors (Lipinski definition) is 1. The number of anilines is 2. The quantitative estimate of drug-likeness (QED) is 0.449. The minimum atomic E-state index is -0.248. The van der Waals surface area contributed by atoms with Crippen LogP contribution in [0.15, 0.2) is 84.6 Å². The summed E-state index contributed by atoms with van der Waals surface area (Å²) in [6, 6.07) is 22.9. The van der Waals surface area contributed by atoms with Crippen LogP contribution < -0.4 is 10.2 Å². The molecule has 0 fully saturated rings. The second-order valence-electron chi connectivity index (χ2n) is 8.69. The van der Waals surface area contributed by atoms with E-state index in [2.05, 4.69) is 50.4 Å². The smallest absolute Gasteiger partial charge is 0.275 e. The van der Waals surface area contributed by atoms with E-state index in [0.717, 1.165) is 16.9 Å². The third-order valence-electron chi connectivity index (χ3n) is 5.36. The average molecular weight is 451 g/mol. The standard InChI is InChI=1S/C26H24Cl2N2O/c1-26(2,3)18-12-10-17(11-13-18)24-16-23(29-21-8-4-6-19(27)14-21)25(31)30(24)22-9-5-7-20(28)15-22/h4-16,24,29H,1-3H3/t24-/m1/s1. The minimum absolute atomic E-state index is 0.0613. The largest absolute Gasteiger partial charge is 0.351 e. The second kappa shape index (κ2) is 8.41. The Morgan fingerprint density at radius 3 is 2.13 bits per heavy atom. The lowest BCUT2D eigenvalue weighted by molar-refractivity contribution is -0.114. The molecule has 0 aromatic heterocycles. The van der Waals surface area contributed by atoms with Gasteiger partial charge in [0.05, 0.1) is 6.04 Å². The first kappa shape index (κ1) is 21.5. The number of nitrogens with one attached hydrogen (secondary N) is 1. The van der Waals surface area contributed by atoms with Gasteiger partial charge in [0.15, 0.2) is 0 Å². The Morgan fingerprint density at radius 1 is 0.871 bits per heavy atom. The van der Waals surface area contributed by atoms with Crippen molar-refractivity contribution in [3.63, 3.8) is 0 Å². The maximum Gasteiger partial charge on any atom is 0.275 e. The molecule has 1 atom stereocenters. The molecule has 1 aliphatic heterocycles. The van der Waals surface area contributed by atoms with Crippen molar-refractivity contribution >= 4 is 40.5 Å². The summed E-state index contributed by atoms with van der Waals surface area (Å²) in [5.41, 5.74) is 4.36. The fourth-order valence-corrected chi connectivity index (χ4v) is 4.08. The fourth-order valence-electron chi connectivity index (χ4n) is 3.71. The Balaban J connectivity index is 1.74. The summed E-state index contributed by atoms with van der Waals surface area (Å²) in [5, 5.41) is 4.43. The molecule has 1 aliphatic rings. The number of nitrogens with zero attached hydrogens (tertiary/aromatic N) is 1. The summed E-state index contributed by atoms with van der Waals surface area (Å²) in [4.78, 5) is 15.2. The normalized spacial score (nSPS) is 16.4. The predicted molar refractivity (Wildman–Crippen MR) is 130 cm³/mol. The van der Waals surface area contributed by atoms with E-state index < -0.39 is 0 Å². The molecular formula is C26H24Cl2N2O. The van der Waals surface area contributed by atoms with Crippen molar-refractivity contribution in [3.05, 3.63) is 106 Å². The van der Waals surface area contributed by atoms with Crippen molar-refractivity contribution in [2.45, 2.75) is 32.2 Å². The monoisotopic (exact) mass is 450 g/mol. The molecule has 31 heavy (non-hydrogen) atoms. The summed E-state index contributed by atoms with van der Waals surface area (Å²) in [6.45, 7) is 6.56. The molecule has 3 aromatic rings. The van der Waals surface area contributed by atoms with Gasteiger partial charge in [0.2, 0.25) is 0 Å². The lowest BCUT2D eigenvalue weighted by Gasteiger charge is -2.26. The van der Waals surface area contributed by atoms with Gasteiger partial charge >= 0.3 is 0 Å². The lowest BCUT2D eigenvalue weighted by Crippen LogP contribution is -2.30. The van der Waals surface area contributed by atoms with Crippen LogP contribution in [-0.4, -0.2) is 5.91 Å². The van der Waals surface area contributed by atoms with Crippen LogP contribution >= 0.6 is 23.2 Å². The zero-order chi connectivity index (χ0) is 22.2. The maximum absolute atomic E-state index is 13.4. The number of benzene rings is 3. The molecule has 1 heterocycles. The first-order valence-corrected chi connectivity index (χ1v) is 10.9. The van der Waals surface area contributed by atoms with Crippen LogP contribution in [0.2, 0.25) is 10.0 Å². The van der Waals surface area contributed by atoms with Crippen molar-refractivity contribution in [3.8, 4) is 0 Å². The van der Waals surface area contributed by atoms with E-state index in [-0.39, 0.29) is 17.4 Å². The first-order valence-electron chi connectivity index (χ1n) is 10.2. The summed E-state index contributed by atoms with van der Waals surface area (Å²) in [6.07, 6.45) is 1.95. The van der Waals surface area contributed by atoms with Gasteiger partial charge in [-0.3, -0.25) is 9.69 Å². The SMILES string of the molecule is CC(C)(C)c1ccc([C@H]2C=C(Nc3cccc(Cl)c3)C(=O)N2c2cccc(Cl)c2)cc1. The van der Waals surface area contributed by atoms with Crippen LogP contribution in [0, 0.1) is 0 Å². The number of halogens is 2. The van der Waals surface area contributed by atoms with Crippen LogP contribution in [0.5, 0.6) is 0 Å². The Bertz CT molecular complexity index is 1150. The maximum atomic E-state index is 13.4. The third kappa shape index (κ3) is 4.63. The zero-order valence-corrected chi connectivity index (χ0v) is 19.2. The molecule has 1 amide bonds. The van der Waals surface area contributed by atoms with Gasteiger partial charge in [-0.1, -0.05) is 80.4 Å². The molecule has 0 aliphatic carbocycles. The topological polar surface area (TPSA) is 32.3 Å². The van der Waals surface area contributed by atoms with E-state index in [1.165, 1.54) is 5.56 Å². The van der Waals surface area contributed by atoms with Crippen LogP contribution in [0.25, 0.3) is 0 Å². The molecule has 4 rings (SSSR count). The second-order valence-corrected chi connectivity index (χ2v) is 9.56. The summed E-state index contributed by atoms with van der Waals surface area (Å²) >= 11 is 12.3. The molecule has 0 radical (unpaired) electrons. The average Bonchev–Trinajstić information content (AvgIpc) is 3.03. The van der Waals surface area contributed by atoms with Gasteiger partial charge in [0.1, 0.15) is 5.70 Å². The van der Waals surface area contributed by atoms with Crippen LogP contribution in [-0.2, 0) is 10.2 Å². The van der Waals surface area contributed by atoms with Crippen molar-refractivity contribution in [1.82, 2.24) is 0 Å². The number of rotatable bonds is 4. The van der Waals surface area contributed by atoms with Crippen molar-refractivity contribution in [1.29, 1.82) is 0 Å². The van der Waals surface area contributed by atoms with Crippen molar-refractivity contribution in [2.24, 2.45) is 0 Å². The highest BCUT2D eigenvalue weighted by Gasteiger charge is 2.35. The zero-order valence-electron chi connectivity index (χ0n) is 17.7. The summed E-state index contributed by atoms with van der Waals surface area (Å²) in [7, 11) is 0. The van der Waals surface area contributed by atoms with Crippen molar-refractivity contribution in [2.75, 3.05) is 10.2 Å². The molecule has 3 aromatic carbocycles. The highest BCUT2D eigenvalue weighted by Crippen LogP contribution is 2.37. The number of amides is 1. The molecular weight excluding hydrogens is 427 g/mol. The third-order valence-corrected chi connectivity index (χ3v) is 5.83. The van der Waals surface area contributed by atoms with Crippen LogP contribution in [0.3, 0.4) is 0 Å². The molecule has 3 nitrogen and oxygen atoms in total. The fraction of sp³-hybridized carbons (Fsp3) is 0.192.